The summed E-state index contributed by atoms with van der Waals surface area (Å²) in [4.78, 5) is 5.94. The molecule has 0 saturated heterocycles. The molecular formula is C6F13NO. The second-order valence-electron chi connectivity index (χ2n) is 3.24. The van der Waals surface area contributed by atoms with Gasteiger partial charge >= 0.3 is 36.5 Å². The zero-order valence-electron chi connectivity index (χ0n) is 8.77. The Morgan fingerprint density at radius 1 is 0.619 bits per heavy atom. The SMILES string of the molecule is O=C(F)N(C(F)(F)C(F)(F)F)C(F)(F)C(F)(F)C(F)(F)F. The molecule has 15 heteroatoms. The summed E-state index contributed by atoms with van der Waals surface area (Å²) in [7, 11) is 0. The quantitative estimate of drug-likeness (QED) is 0.422. The van der Waals surface area contributed by atoms with Crippen LogP contribution in [0.25, 0.3) is 0 Å². The summed E-state index contributed by atoms with van der Waals surface area (Å²) < 4.78 is 157. The summed E-state index contributed by atoms with van der Waals surface area (Å²) >= 11 is 0. The molecule has 0 aliphatic heterocycles. The van der Waals surface area contributed by atoms with Gasteiger partial charge < -0.3 is 0 Å². The summed E-state index contributed by atoms with van der Waals surface area (Å²) in [5, 5.41) is 0. The molecule has 0 aliphatic rings. The molecule has 0 unspecified atom stereocenters. The van der Waals surface area contributed by atoms with Crippen molar-refractivity contribution in [3.63, 3.8) is 0 Å². The van der Waals surface area contributed by atoms with E-state index in [9.17, 15) is 61.9 Å². The van der Waals surface area contributed by atoms with Crippen LogP contribution in [0.3, 0.4) is 0 Å². The second kappa shape index (κ2) is 4.79. The molecule has 0 saturated carbocycles. The molecule has 0 aromatic heterocycles. The van der Waals surface area contributed by atoms with Crippen molar-refractivity contribution >= 4 is 6.16 Å². The Balaban J connectivity index is 6.21. The van der Waals surface area contributed by atoms with Gasteiger partial charge in [-0.25, -0.2) is 4.79 Å². The summed E-state index contributed by atoms with van der Waals surface area (Å²) in [6, 6.07) is -14.9. The molecule has 0 fully saturated rings. The Morgan fingerprint density at radius 2 is 0.952 bits per heavy atom. The van der Waals surface area contributed by atoms with E-state index in [-0.39, 0.29) is 0 Å². The van der Waals surface area contributed by atoms with Crippen molar-refractivity contribution in [2.75, 3.05) is 0 Å². The standard InChI is InChI=1S/C6F13NO/c7-1(21)20(6(18,19)4(13,14)15)5(16,17)2(8,9)3(10,11)12. The fourth-order valence-corrected chi connectivity index (χ4v) is 0.835. The maximum atomic E-state index is 12.7. The smallest absolute Gasteiger partial charge is 0.234 e. The average Bonchev–Trinajstić information content (AvgIpc) is 2.11. The molecular weight excluding hydrogens is 349 g/mol. The maximum absolute atomic E-state index is 12.7. The third-order valence-electron chi connectivity index (χ3n) is 1.81. The van der Waals surface area contributed by atoms with Crippen molar-refractivity contribution in [2.24, 2.45) is 0 Å². The molecule has 0 spiro atoms. The lowest BCUT2D eigenvalue weighted by molar-refractivity contribution is -0.434. The Labute approximate surface area is 105 Å². The van der Waals surface area contributed by atoms with Crippen LogP contribution in [0.5, 0.6) is 0 Å². The molecule has 0 radical (unpaired) electrons. The van der Waals surface area contributed by atoms with Gasteiger partial charge in [-0.1, -0.05) is 0 Å². The van der Waals surface area contributed by atoms with Crippen LogP contribution in [-0.4, -0.2) is 41.4 Å². The minimum absolute atomic E-state index is 3.81. The van der Waals surface area contributed by atoms with Crippen molar-refractivity contribution in [1.82, 2.24) is 4.90 Å². The van der Waals surface area contributed by atoms with Crippen LogP contribution in [0, 0.1) is 0 Å². The number of nitrogens with zero attached hydrogens (tertiary/aromatic N) is 1. The minimum atomic E-state index is -7.59. The molecule has 0 atom stereocenters. The maximum Gasteiger partial charge on any atom is 0.475 e. The first-order valence-electron chi connectivity index (χ1n) is 4.08. The third kappa shape index (κ3) is 2.95. The molecule has 0 N–H and O–H groups in total. The summed E-state index contributed by atoms with van der Waals surface area (Å²) in [5.74, 6) is -7.59. The molecule has 0 heterocycles. The monoisotopic (exact) mass is 349 g/mol. The van der Waals surface area contributed by atoms with Gasteiger partial charge in [0.15, 0.2) is 0 Å². The van der Waals surface area contributed by atoms with Gasteiger partial charge in [-0.05, 0) is 0 Å². The number of halogens is 13. The number of hydrogen-bond acceptors (Lipinski definition) is 1. The topological polar surface area (TPSA) is 20.3 Å². The van der Waals surface area contributed by atoms with Crippen LogP contribution in [0.4, 0.5) is 61.9 Å². The number of carbonyl (C=O) groups excluding carboxylic acids is 1. The van der Waals surface area contributed by atoms with Crippen molar-refractivity contribution in [1.29, 1.82) is 0 Å². The fraction of sp³-hybridized carbons (Fsp3) is 0.833. The van der Waals surface area contributed by atoms with Crippen LogP contribution >= 0.6 is 0 Å². The highest BCUT2D eigenvalue weighted by molar-refractivity contribution is 5.67. The van der Waals surface area contributed by atoms with Crippen LogP contribution in [0.1, 0.15) is 0 Å². The zero-order chi connectivity index (χ0) is 17.7. The van der Waals surface area contributed by atoms with Gasteiger partial charge in [-0.3, -0.25) is 0 Å². The van der Waals surface area contributed by atoms with E-state index >= 15 is 0 Å². The second-order valence-corrected chi connectivity index (χ2v) is 3.24. The molecule has 0 aromatic carbocycles. The number of carbonyl (C=O) groups is 1. The summed E-state index contributed by atoms with van der Waals surface area (Å²) in [6.07, 6.45) is -19.2. The molecule has 0 aromatic rings. The highest BCUT2D eigenvalue weighted by atomic mass is 19.4. The molecule has 1 amide bonds. The number of hydrogen-bond donors (Lipinski definition) is 0. The third-order valence-corrected chi connectivity index (χ3v) is 1.81. The largest absolute Gasteiger partial charge is 0.475 e. The summed E-state index contributed by atoms with van der Waals surface area (Å²) in [5.41, 5.74) is 0. The van der Waals surface area contributed by atoms with Gasteiger partial charge in [-0.2, -0.15) is 57.6 Å². The van der Waals surface area contributed by atoms with Crippen LogP contribution < -0.4 is 0 Å². The van der Waals surface area contributed by atoms with Crippen LogP contribution in [0.15, 0.2) is 0 Å². The Bertz CT molecular complexity index is 406. The predicted molar refractivity (Wildman–Crippen MR) is 35.3 cm³/mol. The van der Waals surface area contributed by atoms with Gasteiger partial charge in [-0.15, -0.1) is 4.39 Å². The van der Waals surface area contributed by atoms with Gasteiger partial charge in [0.05, 0.1) is 0 Å². The number of rotatable bonds is 3. The Morgan fingerprint density at radius 3 is 1.14 bits per heavy atom. The van der Waals surface area contributed by atoms with Gasteiger partial charge in [0.25, 0.3) is 0 Å². The minimum Gasteiger partial charge on any atom is -0.234 e. The van der Waals surface area contributed by atoms with E-state index in [0.29, 0.717) is 0 Å². The molecule has 0 bridgehead atoms. The van der Waals surface area contributed by atoms with Crippen LogP contribution in [0.2, 0.25) is 0 Å². The van der Waals surface area contributed by atoms with Gasteiger partial charge in [0.1, 0.15) is 0 Å². The van der Waals surface area contributed by atoms with E-state index in [2.05, 4.69) is 0 Å². The Kier molecular flexibility index (Phi) is 4.46. The molecule has 0 aliphatic carbocycles. The van der Waals surface area contributed by atoms with Crippen molar-refractivity contribution in [3.8, 4) is 0 Å². The van der Waals surface area contributed by atoms with Crippen molar-refractivity contribution in [2.45, 2.75) is 30.4 Å². The highest BCUT2D eigenvalue weighted by Gasteiger charge is 2.82. The fourth-order valence-electron chi connectivity index (χ4n) is 0.835. The van der Waals surface area contributed by atoms with Gasteiger partial charge in [0, 0.05) is 0 Å². The zero-order valence-corrected chi connectivity index (χ0v) is 8.77. The number of amides is 1. The van der Waals surface area contributed by atoms with Gasteiger partial charge in [0.2, 0.25) is 0 Å². The van der Waals surface area contributed by atoms with E-state index in [4.69, 9.17) is 0 Å². The first kappa shape index (κ1) is 19.6. The Hall–Kier alpha value is -1.44. The summed E-state index contributed by atoms with van der Waals surface area (Å²) in [6.45, 7) is 0. The molecule has 0 rings (SSSR count). The molecule has 2 nitrogen and oxygen atoms in total. The van der Waals surface area contributed by atoms with E-state index in [1.54, 1.807) is 0 Å². The highest BCUT2D eigenvalue weighted by Crippen LogP contribution is 2.53. The lowest BCUT2D eigenvalue weighted by Gasteiger charge is -2.38. The average molecular weight is 349 g/mol. The lowest BCUT2D eigenvalue weighted by Crippen LogP contribution is -2.69. The van der Waals surface area contributed by atoms with E-state index in [0.717, 1.165) is 0 Å². The van der Waals surface area contributed by atoms with Crippen LogP contribution in [-0.2, 0) is 0 Å². The van der Waals surface area contributed by atoms with E-state index < -0.39 is 41.4 Å². The van der Waals surface area contributed by atoms with E-state index in [1.165, 1.54) is 0 Å². The molecule has 126 valence electrons. The normalized spacial score (nSPS) is 15.1. The predicted octanol–water partition coefficient (Wildman–Crippen LogP) is 4.32. The molecule has 21 heavy (non-hydrogen) atoms. The number of alkyl halides is 12. The van der Waals surface area contributed by atoms with E-state index in [1.807, 2.05) is 0 Å². The first-order valence-corrected chi connectivity index (χ1v) is 4.08. The van der Waals surface area contributed by atoms with Crippen molar-refractivity contribution in [3.05, 3.63) is 0 Å². The van der Waals surface area contributed by atoms with Crippen molar-refractivity contribution < 1.29 is 61.9 Å². The first-order chi connectivity index (χ1) is 8.82. The lowest BCUT2D eigenvalue weighted by atomic mass is 10.2.